The van der Waals surface area contributed by atoms with E-state index in [1.807, 2.05) is 18.0 Å². The summed E-state index contributed by atoms with van der Waals surface area (Å²) >= 11 is 3.28. The Kier molecular flexibility index (Phi) is 5.57. The number of fused-ring (bicyclic) bond motifs is 1. The van der Waals surface area contributed by atoms with E-state index in [2.05, 4.69) is 36.7 Å². The zero-order chi connectivity index (χ0) is 18.0. The Hall–Kier alpha value is -1.68. The van der Waals surface area contributed by atoms with Crippen LogP contribution in [-0.4, -0.2) is 24.4 Å². The lowest BCUT2D eigenvalue weighted by Gasteiger charge is -2.22. The molecule has 0 radical (unpaired) electrons. The molecule has 6 heteroatoms. The monoisotopic (exact) mass is 373 g/mol. The maximum atomic E-state index is 12.5. The van der Waals surface area contributed by atoms with Crippen LogP contribution in [0.15, 0.2) is 17.5 Å². The first kappa shape index (κ1) is 18.1. The van der Waals surface area contributed by atoms with Crippen LogP contribution >= 0.6 is 22.7 Å². The maximum Gasteiger partial charge on any atom is 0.239 e. The van der Waals surface area contributed by atoms with E-state index in [-0.39, 0.29) is 11.9 Å². The molecule has 2 heterocycles. The largest absolute Gasteiger partial charge is 0.315 e. The van der Waals surface area contributed by atoms with Crippen LogP contribution in [0.1, 0.15) is 47.2 Å². The Morgan fingerprint density at radius 3 is 3.04 bits per heavy atom. The Labute approximate surface area is 157 Å². The predicted octanol–water partition coefficient (Wildman–Crippen LogP) is 4.44. The number of nitrogens with one attached hydrogen (secondary N) is 1. The number of thiophene rings is 2. The molecule has 2 atom stereocenters. The average Bonchev–Trinajstić information content (AvgIpc) is 3.20. The Morgan fingerprint density at radius 2 is 2.36 bits per heavy atom. The van der Waals surface area contributed by atoms with Crippen molar-refractivity contribution in [2.45, 2.75) is 39.2 Å². The molecule has 4 nitrogen and oxygen atoms in total. The molecule has 1 aliphatic rings. The van der Waals surface area contributed by atoms with Crippen molar-refractivity contribution in [2.75, 3.05) is 18.9 Å². The fourth-order valence-electron chi connectivity index (χ4n) is 3.23. The third kappa shape index (κ3) is 3.95. The molecule has 0 aromatic carbocycles. The number of amides is 1. The van der Waals surface area contributed by atoms with Crippen LogP contribution in [0.3, 0.4) is 0 Å². The topological polar surface area (TPSA) is 56.1 Å². The molecule has 1 amide bonds. The van der Waals surface area contributed by atoms with Crippen molar-refractivity contribution in [3.63, 3.8) is 0 Å². The van der Waals surface area contributed by atoms with Gasteiger partial charge in [-0.05, 0) is 56.2 Å². The van der Waals surface area contributed by atoms with Crippen LogP contribution in [0.4, 0.5) is 5.00 Å². The second-order valence-corrected chi connectivity index (χ2v) is 8.91. The SMILES string of the molecule is CC1CCc2c(sc(NC(=O)CN(C)C(C)c3cccs3)c2C#N)C1. The van der Waals surface area contributed by atoms with Crippen LogP contribution in [0.5, 0.6) is 0 Å². The lowest BCUT2D eigenvalue weighted by molar-refractivity contribution is -0.117. The minimum Gasteiger partial charge on any atom is -0.315 e. The van der Waals surface area contributed by atoms with Gasteiger partial charge in [0.05, 0.1) is 12.1 Å². The smallest absolute Gasteiger partial charge is 0.239 e. The van der Waals surface area contributed by atoms with Crippen molar-refractivity contribution < 1.29 is 4.79 Å². The number of anilines is 1. The van der Waals surface area contributed by atoms with Gasteiger partial charge in [-0.3, -0.25) is 9.69 Å². The average molecular weight is 374 g/mol. The van der Waals surface area contributed by atoms with Crippen molar-refractivity contribution >= 4 is 33.6 Å². The molecule has 0 spiro atoms. The van der Waals surface area contributed by atoms with Gasteiger partial charge in [0.1, 0.15) is 11.1 Å². The summed E-state index contributed by atoms with van der Waals surface area (Å²) < 4.78 is 0. The summed E-state index contributed by atoms with van der Waals surface area (Å²) in [6, 6.07) is 6.62. The third-order valence-electron chi connectivity index (χ3n) is 4.89. The van der Waals surface area contributed by atoms with Crippen LogP contribution in [-0.2, 0) is 17.6 Å². The van der Waals surface area contributed by atoms with Gasteiger partial charge in [0.2, 0.25) is 5.91 Å². The van der Waals surface area contributed by atoms with Gasteiger partial charge >= 0.3 is 0 Å². The van der Waals surface area contributed by atoms with E-state index in [0.29, 0.717) is 18.0 Å². The first-order chi connectivity index (χ1) is 12.0. The Balaban J connectivity index is 1.68. The van der Waals surface area contributed by atoms with Crippen LogP contribution in [0.25, 0.3) is 0 Å². The lowest BCUT2D eigenvalue weighted by Crippen LogP contribution is -2.31. The quantitative estimate of drug-likeness (QED) is 0.843. The molecule has 2 unspecified atom stereocenters. The molecular weight excluding hydrogens is 350 g/mol. The summed E-state index contributed by atoms with van der Waals surface area (Å²) in [5.41, 5.74) is 1.83. The second-order valence-electron chi connectivity index (χ2n) is 6.82. The highest BCUT2D eigenvalue weighted by molar-refractivity contribution is 7.16. The van der Waals surface area contributed by atoms with Gasteiger partial charge in [0, 0.05) is 15.8 Å². The number of hydrogen-bond acceptors (Lipinski definition) is 5. The molecule has 2 aromatic heterocycles. The first-order valence-electron chi connectivity index (χ1n) is 8.57. The highest BCUT2D eigenvalue weighted by atomic mass is 32.1. The van der Waals surface area contributed by atoms with Gasteiger partial charge in [-0.15, -0.1) is 22.7 Å². The molecule has 0 saturated heterocycles. The van der Waals surface area contributed by atoms with Crippen molar-refractivity contribution in [1.29, 1.82) is 5.26 Å². The first-order valence-corrected chi connectivity index (χ1v) is 10.3. The van der Waals surface area contributed by atoms with Crippen LogP contribution in [0, 0.1) is 17.2 Å². The molecule has 25 heavy (non-hydrogen) atoms. The molecule has 0 aliphatic heterocycles. The summed E-state index contributed by atoms with van der Waals surface area (Å²) in [6.45, 7) is 4.65. The number of carbonyl (C=O) groups is 1. The predicted molar refractivity (Wildman–Crippen MR) is 104 cm³/mol. The van der Waals surface area contributed by atoms with E-state index in [4.69, 9.17) is 0 Å². The molecule has 1 aliphatic carbocycles. The summed E-state index contributed by atoms with van der Waals surface area (Å²) in [7, 11) is 1.95. The van der Waals surface area contributed by atoms with Gasteiger partial charge in [0.15, 0.2) is 0 Å². The Bertz CT molecular complexity index is 788. The van der Waals surface area contributed by atoms with Crippen molar-refractivity contribution in [2.24, 2.45) is 5.92 Å². The molecule has 2 aromatic rings. The summed E-state index contributed by atoms with van der Waals surface area (Å²) in [6.07, 6.45) is 3.08. The lowest BCUT2D eigenvalue weighted by atomic mass is 9.89. The van der Waals surface area contributed by atoms with E-state index < -0.39 is 0 Å². The standard InChI is InChI=1S/C19H23N3OS2/c1-12-6-7-14-15(10-20)19(25-17(14)9-12)21-18(23)11-22(3)13(2)16-5-4-8-24-16/h4-5,8,12-13H,6-7,9,11H2,1-3H3,(H,21,23). The summed E-state index contributed by atoms with van der Waals surface area (Å²) in [5, 5.41) is 15.3. The van der Waals surface area contributed by atoms with E-state index >= 15 is 0 Å². The fourth-order valence-corrected chi connectivity index (χ4v) is 5.46. The number of rotatable bonds is 5. The highest BCUT2D eigenvalue weighted by Crippen LogP contribution is 2.39. The van der Waals surface area contributed by atoms with Gasteiger partial charge < -0.3 is 5.32 Å². The minimum atomic E-state index is -0.0611. The second kappa shape index (κ2) is 7.69. The van der Waals surface area contributed by atoms with Gasteiger partial charge in [-0.2, -0.15) is 5.26 Å². The number of carbonyl (C=O) groups excluding carboxylic acids is 1. The summed E-state index contributed by atoms with van der Waals surface area (Å²) in [4.78, 5) is 17.0. The third-order valence-corrected chi connectivity index (χ3v) is 7.10. The van der Waals surface area contributed by atoms with Gasteiger partial charge in [-0.1, -0.05) is 13.0 Å². The summed E-state index contributed by atoms with van der Waals surface area (Å²) in [5.74, 6) is 0.591. The normalized spacial score (nSPS) is 17.8. The zero-order valence-corrected chi connectivity index (χ0v) is 16.5. The molecule has 3 rings (SSSR count). The maximum absolute atomic E-state index is 12.5. The Morgan fingerprint density at radius 1 is 1.56 bits per heavy atom. The van der Waals surface area contributed by atoms with Crippen LogP contribution < -0.4 is 5.32 Å². The van der Waals surface area contributed by atoms with Gasteiger partial charge in [-0.25, -0.2) is 0 Å². The number of nitrogens with zero attached hydrogens (tertiary/aromatic N) is 2. The van der Waals surface area contributed by atoms with E-state index in [1.54, 1.807) is 22.7 Å². The molecule has 1 N–H and O–H groups in total. The van der Waals surface area contributed by atoms with Crippen molar-refractivity contribution in [3.8, 4) is 6.07 Å². The molecule has 132 valence electrons. The molecular formula is C19H23N3OS2. The number of hydrogen-bond donors (Lipinski definition) is 1. The number of nitriles is 1. The van der Waals surface area contributed by atoms with Gasteiger partial charge in [0.25, 0.3) is 0 Å². The molecule has 0 saturated carbocycles. The molecule has 0 bridgehead atoms. The van der Waals surface area contributed by atoms with Crippen LogP contribution in [0.2, 0.25) is 0 Å². The molecule has 0 fully saturated rings. The van der Waals surface area contributed by atoms with E-state index in [9.17, 15) is 10.1 Å². The van der Waals surface area contributed by atoms with E-state index in [0.717, 1.165) is 29.8 Å². The zero-order valence-electron chi connectivity index (χ0n) is 14.8. The minimum absolute atomic E-state index is 0.0611. The highest BCUT2D eigenvalue weighted by Gasteiger charge is 2.25. The van der Waals surface area contributed by atoms with Crippen molar-refractivity contribution in [1.82, 2.24) is 4.90 Å². The number of likely N-dealkylation sites (N-methyl/N-ethyl adjacent to an activating group) is 1. The fraction of sp³-hybridized carbons (Fsp3) is 0.474. The van der Waals surface area contributed by atoms with E-state index in [1.165, 1.54) is 9.75 Å². The van der Waals surface area contributed by atoms with Crippen molar-refractivity contribution in [3.05, 3.63) is 38.4 Å².